The number of aromatic nitrogens is 2. The summed E-state index contributed by atoms with van der Waals surface area (Å²) in [7, 11) is 0. The molecule has 0 amide bonds. The Morgan fingerprint density at radius 1 is 1.05 bits per heavy atom. The zero-order valence-corrected chi connectivity index (χ0v) is 11.8. The van der Waals surface area contributed by atoms with Crippen LogP contribution in [0.15, 0.2) is 53.3 Å². The zero-order chi connectivity index (χ0) is 14.2. The van der Waals surface area contributed by atoms with Gasteiger partial charge in [0.2, 0.25) is 0 Å². The molecule has 4 heteroatoms. The number of hydrogen-bond acceptors (Lipinski definition) is 1. The molecule has 0 radical (unpaired) electrons. The number of para-hydroxylation sites is 2. The van der Waals surface area contributed by atoms with Gasteiger partial charge in [-0.05, 0) is 17.7 Å². The van der Waals surface area contributed by atoms with Crippen LogP contribution in [0.1, 0.15) is 11.1 Å². The fraction of sp³-hybridized carbons (Fsp3) is 0.235. The first-order valence-electron chi connectivity index (χ1n) is 7.39. The Hall–Kier alpha value is -2.33. The van der Waals surface area contributed by atoms with Crippen LogP contribution in [0.4, 0.5) is 0 Å². The van der Waals surface area contributed by atoms with E-state index in [1.807, 2.05) is 28.8 Å². The van der Waals surface area contributed by atoms with E-state index in [9.17, 15) is 4.79 Å². The van der Waals surface area contributed by atoms with Gasteiger partial charge in [-0.2, -0.15) is 0 Å². The first-order valence-corrected chi connectivity index (χ1v) is 7.39. The predicted molar refractivity (Wildman–Crippen MR) is 82.2 cm³/mol. The second kappa shape index (κ2) is 4.90. The lowest BCUT2D eigenvalue weighted by molar-refractivity contribution is -0.938. The lowest BCUT2D eigenvalue weighted by Gasteiger charge is -2.25. The number of nitrogens with one attached hydrogen (secondary N) is 2. The van der Waals surface area contributed by atoms with Crippen LogP contribution < -0.4 is 10.6 Å². The minimum atomic E-state index is -0.0115. The van der Waals surface area contributed by atoms with E-state index in [2.05, 4.69) is 29.2 Å². The van der Waals surface area contributed by atoms with Gasteiger partial charge in [-0.1, -0.05) is 36.4 Å². The third-order valence-electron chi connectivity index (χ3n) is 4.37. The molecule has 1 aromatic heterocycles. The highest BCUT2D eigenvalue weighted by Gasteiger charge is 2.20. The van der Waals surface area contributed by atoms with E-state index in [1.165, 1.54) is 16.0 Å². The number of aromatic amines is 1. The molecule has 2 heterocycles. The van der Waals surface area contributed by atoms with Crippen LogP contribution in [0.25, 0.3) is 11.0 Å². The molecule has 106 valence electrons. The van der Waals surface area contributed by atoms with Crippen LogP contribution in [0.3, 0.4) is 0 Å². The summed E-state index contributed by atoms with van der Waals surface area (Å²) in [6.07, 6.45) is 1.09. The molecule has 2 aromatic carbocycles. The lowest BCUT2D eigenvalue weighted by Crippen LogP contribution is -3.11. The molecule has 1 aliphatic heterocycles. The lowest BCUT2D eigenvalue weighted by atomic mass is 10.0. The van der Waals surface area contributed by atoms with Crippen molar-refractivity contribution in [3.05, 3.63) is 70.1 Å². The smallest absolute Gasteiger partial charge is 0.313 e. The maximum absolute atomic E-state index is 12.2. The average Bonchev–Trinajstić information content (AvgIpc) is 2.83. The molecule has 0 aliphatic carbocycles. The van der Waals surface area contributed by atoms with Crippen LogP contribution in [0, 0.1) is 0 Å². The van der Waals surface area contributed by atoms with E-state index in [0.717, 1.165) is 37.2 Å². The van der Waals surface area contributed by atoms with Crippen molar-refractivity contribution in [2.24, 2.45) is 0 Å². The molecule has 21 heavy (non-hydrogen) atoms. The fourth-order valence-corrected chi connectivity index (χ4v) is 3.27. The van der Waals surface area contributed by atoms with Gasteiger partial charge in [-0.25, -0.2) is 9.36 Å². The molecular weight excluding hydrogens is 262 g/mol. The summed E-state index contributed by atoms with van der Waals surface area (Å²) in [5.74, 6) is 0. The number of hydrogen-bond donors (Lipinski definition) is 2. The van der Waals surface area contributed by atoms with Gasteiger partial charge in [0.05, 0.1) is 17.6 Å². The third-order valence-corrected chi connectivity index (χ3v) is 4.37. The summed E-state index contributed by atoms with van der Waals surface area (Å²) >= 11 is 0. The minimum Gasteiger partial charge on any atom is -0.313 e. The van der Waals surface area contributed by atoms with Crippen LogP contribution in [-0.2, 0) is 19.6 Å². The van der Waals surface area contributed by atoms with E-state index in [0.29, 0.717) is 0 Å². The number of benzene rings is 2. The van der Waals surface area contributed by atoms with Gasteiger partial charge >= 0.3 is 5.69 Å². The Kier molecular flexibility index (Phi) is 2.89. The normalized spacial score (nSPS) is 17.8. The molecule has 1 unspecified atom stereocenters. The fourth-order valence-electron chi connectivity index (χ4n) is 3.27. The van der Waals surface area contributed by atoms with Gasteiger partial charge in [-0.3, -0.25) is 0 Å². The van der Waals surface area contributed by atoms with Crippen molar-refractivity contribution in [3.8, 4) is 0 Å². The quantitative estimate of drug-likeness (QED) is 0.720. The highest BCUT2D eigenvalue weighted by Crippen LogP contribution is 2.11. The van der Waals surface area contributed by atoms with E-state index >= 15 is 0 Å². The van der Waals surface area contributed by atoms with Gasteiger partial charge < -0.3 is 9.88 Å². The van der Waals surface area contributed by atoms with Crippen molar-refractivity contribution in [2.45, 2.75) is 19.6 Å². The van der Waals surface area contributed by atoms with Gasteiger partial charge in [0.25, 0.3) is 0 Å². The van der Waals surface area contributed by atoms with Crippen LogP contribution in [0.5, 0.6) is 0 Å². The summed E-state index contributed by atoms with van der Waals surface area (Å²) in [6, 6.07) is 16.5. The Bertz CT molecular complexity index is 846. The van der Waals surface area contributed by atoms with Crippen molar-refractivity contribution >= 4 is 11.0 Å². The third kappa shape index (κ3) is 2.17. The number of rotatable bonds is 2. The summed E-state index contributed by atoms with van der Waals surface area (Å²) < 4.78 is 1.86. The molecule has 0 bridgehead atoms. The Balaban J connectivity index is 1.65. The van der Waals surface area contributed by atoms with E-state index < -0.39 is 0 Å². The van der Waals surface area contributed by atoms with Crippen LogP contribution >= 0.6 is 0 Å². The van der Waals surface area contributed by atoms with Crippen molar-refractivity contribution in [1.29, 1.82) is 0 Å². The van der Waals surface area contributed by atoms with Crippen molar-refractivity contribution in [2.75, 3.05) is 6.54 Å². The van der Waals surface area contributed by atoms with E-state index in [4.69, 9.17) is 0 Å². The first kappa shape index (κ1) is 12.4. The topological polar surface area (TPSA) is 42.2 Å². The monoisotopic (exact) mass is 280 g/mol. The molecule has 0 saturated carbocycles. The SMILES string of the molecule is O=c1[nH]c2ccccc2n1C[NH+]1CCc2ccccc2C1. The summed E-state index contributed by atoms with van der Waals surface area (Å²) in [4.78, 5) is 16.5. The maximum atomic E-state index is 12.2. The summed E-state index contributed by atoms with van der Waals surface area (Å²) in [5, 5.41) is 0. The highest BCUT2D eigenvalue weighted by molar-refractivity contribution is 5.74. The Morgan fingerprint density at radius 2 is 1.81 bits per heavy atom. The molecule has 0 spiro atoms. The Labute approximate surface area is 122 Å². The molecule has 4 rings (SSSR count). The van der Waals surface area contributed by atoms with Crippen molar-refractivity contribution in [1.82, 2.24) is 9.55 Å². The van der Waals surface area contributed by atoms with Crippen LogP contribution in [0.2, 0.25) is 0 Å². The maximum Gasteiger partial charge on any atom is 0.330 e. The van der Waals surface area contributed by atoms with E-state index in [1.54, 1.807) is 0 Å². The molecular formula is C17H18N3O+. The first-order chi connectivity index (χ1) is 10.3. The number of fused-ring (bicyclic) bond motifs is 2. The second-order valence-electron chi connectivity index (χ2n) is 5.73. The largest absolute Gasteiger partial charge is 0.330 e. The number of nitrogens with zero attached hydrogens (tertiary/aromatic N) is 1. The standard InChI is InChI=1S/C17H17N3O/c21-17-18-15-7-3-4-8-16(15)20(17)12-19-10-9-13-5-1-2-6-14(13)11-19/h1-8H,9-12H2,(H,18,21)/p+1. The molecule has 0 saturated heterocycles. The van der Waals surface area contributed by atoms with Crippen LogP contribution in [-0.4, -0.2) is 16.1 Å². The molecule has 1 atom stereocenters. The van der Waals surface area contributed by atoms with Gasteiger partial charge in [0, 0.05) is 12.0 Å². The van der Waals surface area contributed by atoms with Gasteiger partial charge in [-0.15, -0.1) is 0 Å². The number of quaternary nitrogens is 1. The zero-order valence-electron chi connectivity index (χ0n) is 11.8. The molecule has 3 aromatic rings. The summed E-state index contributed by atoms with van der Waals surface area (Å²) in [6.45, 7) is 2.78. The minimum absolute atomic E-state index is 0.0115. The predicted octanol–water partition coefficient (Wildman–Crippen LogP) is 0.928. The second-order valence-corrected chi connectivity index (χ2v) is 5.73. The van der Waals surface area contributed by atoms with Gasteiger partial charge in [0.1, 0.15) is 6.54 Å². The highest BCUT2D eigenvalue weighted by atomic mass is 16.1. The Morgan fingerprint density at radius 3 is 2.71 bits per heavy atom. The average molecular weight is 280 g/mol. The molecule has 1 aliphatic rings. The molecule has 0 fully saturated rings. The van der Waals surface area contributed by atoms with Crippen molar-refractivity contribution in [3.63, 3.8) is 0 Å². The number of imidazole rings is 1. The summed E-state index contributed by atoms with van der Waals surface area (Å²) in [5.41, 5.74) is 4.76. The van der Waals surface area contributed by atoms with Crippen molar-refractivity contribution < 1.29 is 4.90 Å². The van der Waals surface area contributed by atoms with Gasteiger partial charge in [0.15, 0.2) is 6.67 Å². The number of H-pyrrole nitrogens is 1. The molecule has 4 nitrogen and oxygen atoms in total. The molecule has 2 N–H and O–H groups in total. The van der Waals surface area contributed by atoms with E-state index in [-0.39, 0.29) is 5.69 Å².